The van der Waals surface area contributed by atoms with Crippen LogP contribution in [0.15, 0.2) is 11.2 Å². The van der Waals surface area contributed by atoms with Crippen molar-refractivity contribution in [3.63, 3.8) is 0 Å². The third-order valence-electron chi connectivity index (χ3n) is 3.30. The summed E-state index contributed by atoms with van der Waals surface area (Å²) in [6.07, 6.45) is -0.803. The molecular formula is C17H27N3O3S. The van der Waals surface area contributed by atoms with Crippen LogP contribution in [0.5, 0.6) is 0 Å². The van der Waals surface area contributed by atoms with Gasteiger partial charge in [-0.2, -0.15) is 0 Å². The molecule has 1 amide bonds. The predicted octanol–water partition coefficient (Wildman–Crippen LogP) is 2.76. The second-order valence-electron chi connectivity index (χ2n) is 6.29. The van der Waals surface area contributed by atoms with Crippen LogP contribution in [0.4, 0.5) is 0 Å². The minimum Gasteiger partial charge on any atom is -0.452 e. The Morgan fingerprint density at radius 1 is 1.08 bits per heavy atom. The lowest BCUT2D eigenvalue weighted by Gasteiger charge is -2.32. The third-order valence-corrected chi connectivity index (χ3v) is 4.12. The van der Waals surface area contributed by atoms with E-state index in [1.807, 2.05) is 47.6 Å². The first-order valence-corrected chi connectivity index (χ1v) is 9.07. The molecule has 1 atom stereocenters. The van der Waals surface area contributed by atoms with Crippen molar-refractivity contribution < 1.29 is 14.3 Å². The maximum absolute atomic E-state index is 12.4. The molecule has 0 spiro atoms. The van der Waals surface area contributed by atoms with Gasteiger partial charge in [-0.1, -0.05) is 11.8 Å². The van der Waals surface area contributed by atoms with E-state index in [1.165, 1.54) is 11.8 Å². The van der Waals surface area contributed by atoms with E-state index in [0.717, 1.165) is 11.4 Å². The summed E-state index contributed by atoms with van der Waals surface area (Å²) in [5.74, 6) is -0.554. The van der Waals surface area contributed by atoms with E-state index in [2.05, 4.69) is 9.97 Å². The molecule has 6 nitrogen and oxygen atoms in total. The summed E-state index contributed by atoms with van der Waals surface area (Å²) in [6.45, 7) is 13.1. The van der Waals surface area contributed by atoms with Crippen LogP contribution < -0.4 is 0 Å². The Labute approximate surface area is 148 Å². The Bertz CT molecular complexity index is 562. The molecule has 0 unspecified atom stereocenters. The maximum atomic E-state index is 12.4. The lowest BCUT2D eigenvalue weighted by atomic mass is 10.2. The third kappa shape index (κ3) is 6.11. The molecule has 1 heterocycles. The van der Waals surface area contributed by atoms with Gasteiger partial charge in [-0.15, -0.1) is 0 Å². The Hall–Kier alpha value is -1.63. The summed E-state index contributed by atoms with van der Waals surface area (Å²) in [6, 6.07) is 1.98. The molecule has 0 aliphatic carbocycles. The lowest BCUT2D eigenvalue weighted by Crippen LogP contribution is -2.47. The second-order valence-corrected chi connectivity index (χ2v) is 7.23. The van der Waals surface area contributed by atoms with E-state index in [0.29, 0.717) is 5.16 Å². The van der Waals surface area contributed by atoms with Crippen LogP contribution in [0.1, 0.15) is 46.0 Å². The van der Waals surface area contributed by atoms with Crippen molar-refractivity contribution in [3.05, 3.63) is 17.5 Å². The molecule has 134 valence electrons. The van der Waals surface area contributed by atoms with Gasteiger partial charge in [-0.3, -0.25) is 9.59 Å². The van der Waals surface area contributed by atoms with Crippen molar-refractivity contribution in [2.75, 3.05) is 5.75 Å². The number of thioether (sulfide) groups is 1. The molecule has 0 N–H and O–H groups in total. The Kier molecular flexibility index (Phi) is 7.66. The minimum atomic E-state index is -0.803. The average molecular weight is 353 g/mol. The Balaban J connectivity index is 2.59. The van der Waals surface area contributed by atoms with Crippen molar-refractivity contribution in [2.24, 2.45) is 0 Å². The maximum Gasteiger partial charge on any atom is 0.317 e. The number of ether oxygens (including phenoxy) is 1. The molecule has 1 aromatic heterocycles. The molecule has 7 heteroatoms. The summed E-state index contributed by atoms with van der Waals surface area (Å²) >= 11 is 1.21. The molecule has 0 fully saturated rings. The van der Waals surface area contributed by atoms with Crippen molar-refractivity contribution in [3.8, 4) is 0 Å². The highest BCUT2D eigenvalue weighted by Crippen LogP contribution is 2.15. The van der Waals surface area contributed by atoms with E-state index >= 15 is 0 Å². The normalized spacial score (nSPS) is 12.4. The van der Waals surface area contributed by atoms with Gasteiger partial charge in [0.25, 0.3) is 5.91 Å². The summed E-state index contributed by atoms with van der Waals surface area (Å²) < 4.78 is 5.27. The molecule has 0 bridgehead atoms. The van der Waals surface area contributed by atoms with Gasteiger partial charge < -0.3 is 9.64 Å². The number of nitrogens with zero attached hydrogens (tertiary/aromatic N) is 3. The van der Waals surface area contributed by atoms with E-state index in [4.69, 9.17) is 4.74 Å². The van der Waals surface area contributed by atoms with Crippen LogP contribution in [0, 0.1) is 13.8 Å². The fourth-order valence-corrected chi connectivity index (χ4v) is 3.21. The highest BCUT2D eigenvalue weighted by molar-refractivity contribution is 7.99. The molecule has 0 aromatic carbocycles. The first kappa shape index (κ1) is 20.4. The smallest absolute Gasteiger partial charge is 0.317 e. The number of aromatic nitrogens is 2. The van der Waals surface area contributed by atoms with Crippen LogP contribution in [-0.2, 0) is 14.3 Å². The summed E-state index contributed by atoms with van der Waals surface area (Å²) in [5.41, 5.74) is 1.71. The number of rotatable bonds is 7. The summed E-state index contributed by atoms with van der Waals surface area (Å²) in [4.78, 5) is 34.7. The number of carbonyl (C=O) groups is 2. The van der Waals surface area contributed by atoms with Gasteiger partial charge >= 0.3 is 5.97 Å². The molecule has 0 aliphatic rings. The number of carbonyl (C=O) groups excluding carboxylic acids is 2. The van der Waals surface area contributed by atoms with Crippen molar-refractivity contribution in [1.82, 2.24) is 14.9 Å². The van der Waals surface area contributed by atoms with Gasteiger partial charge in [0, 0.05) is 23.5 Å². The summed E-state index contributed by atoms with van der Waals surface area (Å²) in [7, 11) is 0. The van der Waals surface area contributed by atoms with Gasteiger partial charge in [-0.25, -0.2) is 9.97 Å². The standard InChI is InChI=1S/C17H27N3O3S/c1-10(2)20(11(3)4)16(22)14(7)23-15(21)9-24-17-18-12(5)8-13(6)19-17/h8,10-11,14H,9H2,1-7H3/t14-/m1/s1. The van der Waals surface area contributed by atoms with E-state index in [1.54, 1.807) is 11.8 Å². The van der Waals surface area contributed by atoms with Crippen LogP contribution in [0.2, 0.25) is 0 Å². The van der Waals surface area contributed by atoms with E-state index < -0.39 is 12.1 Å². The SMILES string of the molecule is Cc1cc(C)nc(SCC(=O)O[C@H](C)C(=O)N(C(C)C)C(C)C)n1. The Morgan fingerprint density at radius 2 is 1.58 bits per heavy atom. The van der Waals surface area contributed by atoms with Gasteiger partial charge in [0.1, 0.15) is 0 Å². The first-order valence-electron chi connectivity index (χ1n) is 8.08. The van der Waals surface area contributed by atoms with E-state index in [9.17, 15) is 9.59 Å². The first-order chi connectivity index (χ1) is 11.1. The van der Waals surface area contributed by atoms with Crippen molar-refractivity contribution >= 4 is 23.6 Å². The molecule has 24 heavy (non-hydrogen) atoms. The number of hydrogen-bond acceptors (Lipinski definition) is 6. The second kappa shape index (κ2) is 9.01. The highest BCUT2D eigenvalue weighted by Gasteiger charge is 2.27. The zero-order valence-corrected chi connectivity index (χ0v) is 16.3. The van der Waals surface area contributed by atoms with Gasteiger partial charge in [0.05, 0.1) is 5.75 Å². The fourth-order valence-electron chi connectivity index (χ4n) is 2.48. The van der Waals surface area contributed by atoms with Gasteiger partial charge in [0.15, 0.2) is 11.3 Å². The van der Waals surface area contributed by atoms with Crippen LogP contribution in [-0.4, -0.2) is 50.7 Å². The Morgan fingerprint density at radius 3 is 2.04 bits per heavy atom. The molecule has 0 saturated carbocycles. The number of amides is 1. The van der Waals surface area contributed by atoms with E-state index in [-0.39, 0.29) is 23.7 Å². The van der Waals surface area contributed by atoms with Crippen LogP contribution in [0.3, 0.4) is 0 Å². The monoisotopic (exact) mass is 353 g/mol. The predicted molar refractivity (Wildman–Crippen MR) is 94.9 cm³/mol. The molecule has 1 rings (SSSR count). The largest absolute Gasteiger partial charge is 0.452 e. The van der Waals surface area contributed by atoms with Gasteiger partial charge in [0.2, 0.25) is 0 Å². The molecule has 0 saturated heterocycles. The number of esters is 1. The zero-order chi connectivity index (χ0) is 18.4. The van der Waals surface area contributed by atoms with Crippen LogP contribution >= 0.6 is 11.8 Å². The number of hydrogen-bond donors (Lipinski definition) is 0. The molecule has 0 aliphatic heterocycles. The number of aryl methyl sites for hydroxylation is 2. The quantitative estimate of drug-likeness (QED) is 0.426. The molecule has 1 aromatic rings. The van der Waals surface area contributed by atoms with Crippen molar-refractivity contribution in [1.29, 1.82) is 0 Å². The lowest BCUT2D eigenvalue weighted by molar-refractivity contribution is -0.159. The fraction of sp³-hybridized carbons (Fsp3) is 0.647. The molecule has 0 radical (unpaired) electrons. The van der Waals surface area contributed by atoms with Gasteiger partial charge in [-0.05, 0) is 54.5 Å². The highest BCUT2D eigenvalue weighted by atomic mass is 32.2. The van der Waals surface area contributed by atoms with Crippen LogP contribution in [0.25, 0.3) is 0 Å². The summed E-state index contributed by atoms with van der Waals surface area (Å²) in [5, 5.41) is 0.536. The minimum absolute atomic E-state index is 0.0525. The topological polar surface area (TPSA) is 72.4 Å². The zero-order valence-electron chi connectivity index (χ0n) is 15.5. The average Bonchev–Trinajstić information content (AvgIpc) is 2.43. The van der Waals surface area contributed by atoms with Crippen molar-refractivity contribution in [2.45, 2.75) is 71.8 Å². The molecular weight excluding hydrogens is 326 g/mol.